The molecule has 0 saturated heterocycles. The van der Waals surface area contributed by atoms with E-state index in [1.165, 1.54) is 10.6 Å². The van der Waals surface area contributed by atoms with Crippen LogP contribution in [0.4, 0.5) is 0 Å². The van der Waals surface area contributed by atoms with E-state index in [0.29, 0.717) is 17.3 Å². The van der Waals surface area contributed by atoms with E-state index in [0.717, 1.165) is 5.56 Å². The first-order valence-electron chi connectivity index (χ1n) is 7.77. The second-order valence-corrected chi connectivity index (χ2v) is 6.16. The quantitative estimate of drug-likeness (QED) is 0.704. The zero-order valence-corrected chi connectivity index (χ0v) is 14.4. The summed E-state index contributed by atoms with van der Waals surface area (Å²) >= 11 is 5.87. The van der Waals surface area contributed by atoms with Crippen LogP contribution in [-0.4, -0.2) is 22.4 Å². The van der Waals surface area contributed by atoms with Crippen molar-refractivity contribution >= 4 is 17.5 Å². The Morgan fingerprint density at radius 3 is 2.60 bits per heavy atom. The van der Waals surface area contributed by atoms with Crippen LogP contribution < -0.4 is 5.56 Å². The minimum Gasteiger partial charge on any atom is -0.454 e. The highest BCUT2D eigenvalue weighted by Gasteiger charge is 2.16. The third kappa shape index (κ3) is 4.19. The lowest BCUT2D eigenvalue weighted by Gasteiger charge is -2.15. The second kappa shape index (κ2) is 7.40. The highest BCUT2D eigenvalue weighted by atomic mass is 35.5. The predicted octanol–water partition coefficient (Wildman–Crippen LogP) is 3.42. The Morgan fingerprint density at radius 1 is 1.12 bits per heavy atom. The van der Waals surface area contributed by atoms with Gasteiger partial charge in [-0.2, -0.15) is 0 Å². The number of pyridine rings is 1. The molecule has 0 saturated carbocycles. The number of furan rings is 1. The maximum atomic E-state index is 12.5. The molecule has 0 aliphatic heterocycles. The number of hydrogen-bond acceptors (Lipinski definition) is 3. The lowest BCUT2D eigenvalue weighted by molar-refractivity contribution is 0.0751. The summed E-state index contributed by atoms with van der Waals surface area (Å²) < 4.78 is 7.13. The number of carbonyl (C=O) groups excluding carboxylic acids is 1. The van der Waals surface area contributed by atoms with E-state index in [4.69, 9.17) is 16.0 Å². The maximum absolute atomic E-state index is 12.5. The maximum Gasteiger partial charge on any atom is 0.289 e. The summed E-state index contributed by atoms with van der Waals surface area (Å²) in [5.41, 5.74) is 0.856. The fourth-order valence-corrected chi connectivity index (χ4v) is 2.59. The van der Waals surface area contributed by atoms with Crippen molar-refractivity contribution in [3.8, 4) is 0 Å². The summed E-state index contributed by atoms with van der Waals surface area (Å²) in [5.74, 6) is 0.577. The number of amides is 1. The fourth-order valence-electron chi connectivity index (χ4n) is 2.46. The number of aromatic nitrogens is 1. The Labute approximate surface area is 150 Å². The van der Waals surface area contributed by atoms with Gasteiger partial charge >= 0.3 is 0 Å². The highest BCUT2D eigenvalue weighted by molar-refractivity contribution is 6.30. The minimum atomic E-state index is -0.221. The molecule has 5 nitrogen and oxygen atoms in total. The summed E-state index contributed by atoms with van der Waals surface area (Å²) in [5, 5.41) is 0.657. The molecule has 0 bridgehead atoms. The molecule has 2 aromatic heterocycles. The molecule has 1 amide bonds. The molecule has 0 fully saturated rings. The monoisotopic (exact) mass is 356 g/mol. The van der Waals surface area contributed by atoms with E-state index in [9.17, 15) is 9.59 Å². The van der Waals surface area contributed by atoms with Crippen molar-refractivity contribution in [1.82, 2.24) is 9.47 Å². The predicted molar refractivity (Wildman–Crippen MR) is 95.8 cm³/mol. The summed E-state index contributed by atoms with van der Waals surface area (Å²) in [6.07, 6.45) is 1.68. The number of carbonyl (C=O) groups is 1. The molecule has 0 unspecified atom stereocenters. The first kappa shape index (κ1) is 17.0. The third-order valence-corrected chi connectivity index (χ3v) is 4.03. The first-order valence-corrected chi connectivity index (χ1v) is 8.15. The zero-order chi connectivity index (χ0) is 17.8. The van der Waals surface area contributed by atoms with Crippen LogP contribution >= 0.6 is 11.6 Å². The normalized spacial score (nSPS) is 10.6. The molecule has 2 heterocycles. The van der Waals surface area contributed by atoms with E-state index in [1.54, 1.807) is 54.5 Å². The van der Waals surface area contributed by atoms with Crippen molar-refractivity contribution in [2.24, 2.45) is 0 Å². The molecule has 0 N–H and O–H groups in total. The Kier molecular flexibility index (Phi) is 5.05. The number of nitrogens with zero attached hydrogens (tertiary/aromatic N) is 2. The molecule has 3 rings (SSSR count). The molecule has 1 aromatic carbocycles. The van der Waals surface area contributed by atoms with E-state index in [1.807, 2.05) is 12.1 Å². The number of hydrogen-bond donors (Lipinski definition) is 0. The average Bonchev–Trinajstić information content (AvgIpc) is 3.07. The standard InChI is InChI=1S/C19H17ClN2O3/c1-21(12-14-5-7-15(20)8-6-14)19(24)17-10-9-16(25-17)13-22-11-3-2-4-18(22)23/h2-11H,12-13H2,1H3. The van der Waals surface area contributed by atoms with Crippen molar-refractivity contribution in [3.63, 3.8) is 0 Å². The van der Waals surface area contributed by atoms with Gasteiger partial charge in [0.15, 0.2) is 5.76 Å². The Hall–Kier alpha value is -2.79. The van der Waals surface area contributed by atoms with Gasteiger partial charge in [-0.1, -0.05) is 29.8 Å². The third-order valence-electron chi connectivity index (χ3n) is 3.78. The van der Waals surface area contributed by atoms with Crippen molar-refractivity contribution in [2.75, 3.05) is 7.05 Å². The number of halogens is 1. The Balaban J connectivity index is 1.68. The Bertz CT molecular complexity index is 928. The van der Waals surface area contributed by atoms with Gasteiger partial charge in [-0.3, -0.25) is 9.59 Å². The van der Waals surface area contributed by atoms with Gasteiger partial charge in [-0.15, -0.1) is 0 Å². The van der Waals surface area contributed by atoms with Crippen LogP contribution in [0.25, 0.3) is 0 Å². The molecule has 6 heteroatoms. The van der Waals surface area contributed by atoms with E-state index < -0.39 is 0 Å². The topological polar surface area (TPSA) is 55.5 Å². The van der Waals surface area contributed by atoms with Crippen LogP contribution in [-0.2, 0) is 13.1 Å². The van der Waals surface area contributed by atoms with Gasteiger partial charge in [-0.25, -0.2) is 0 Å². The van der Waals surface area contributed by atoms with Crippen LogP contribution in [0, 0.1) is 0 Å². The largest absolute Gasteiger partial charge is 0.454 e. The smallest absolute Gasteiger partial charge is 0.289 e. The van der Waals surface area contributed by atoms with Gasteiger partial charge < -0.3 is 13.9 Å². The molecule has 0 spiro atoms. The summed E-state index contributed by atoms with van der Waals surface area (Å²) in [6, 6.07) is 15.6. The first-order chi connectivity index (χ1) is 12.0. The summed E-state index contributed by atoms with van der Waals surface area (Å²) in [6.45, 7) is 0.734. The second-order valence-electron chi connectivity index (χ2n) is 5.72. The molecule has 3 aromatic rings. The van der Waals surface area contributed by atoms with Crippen LogP contribution in [0.3, 0.4) is 0 Å². The molecule has 25 heavy (non-hydrogen) atoms. The molecule has 0 aliphatic carbocycles. The zero-order valence-electron chi connectivity index (χ0n) is 13.7. The van der Waals surface area contributed by atoms with Gasteiger partial charge in [0.25, 0.3) is 11.5 Å². The van der Waals surface area contributed by atoms with Crippen LogP contribution in [0.1, 0.15) is 21.9 Å². The van der Waals surface area contributed by atoms with E-state index in [2.05, 4.69) is 0 Å². The highest BCUT2D eigenvalue weighted by Crippen LogP contribution is 2.14. The minimum absolute atomic E-state index is 0.119. The summed E-state index contributed by atoms with van der Waals surface area (Å²) in [4.78, 5) is 25.8. The van der Waals surface area contributed by atoms with Gasteiger partial charge in [0.1, 0.15) is 5.76 Å². The van der Waals surface area contributed by atoms with Crippen LogP contribution in [0.15, 0.2) is 70.0 Å². The molecule has 0 radical (unpaired) electrons. The number of rotatable bonds is 5. The summed E-state index contributed by atoms with van der Waals surface area (Å²) in [7, 11) is 1.71. The fraction of sp³-hybridized carbons (Fsp3) is 0.158. The average molecular weight is 357 g/mol. The van der Waals surface area contributed by atoms with Gasteiger partial charge in [0.05, 0.1) is 6.54 Å². The Morgan fingerprint density at radius 2 is 1.88 bits per heavy atom. The van der Waals surface area contributed by atoms with Crippen molar-refractivity contribution in [1.29, 1.82) is 0 Å². The van der Waals surface area contributed by atoms with Crippen LogP contribution in [0.5, 0.6) is 0 Å². The lowest BCUT2D eigenvalue weighted by atomic mass is 10.2. The van der Waals surface area contributed by atoms with E-state index >= 15 is 0 Å². The van der Waals surface area contributed by atoms with Crippen molar-refractivity contribution < 1.29 is 9.21 Å². The molecule has 128 valence electrons. The van der Waals surface area contributed by atoms with Gasteiger partial charge in [0.2, 0.25) is 0 Å². The molecule has 0 atom stereocenters. The lowest BCUT2D eigenvalue weighted by Crippen LogP contribution is -2.25. The number of benzene rings is 1. The SMILES string of the molecule is CN(Cc1ccc(Cl)cc1)C(=O)c1ccc(Cn2ccccc2=O)o1. The van der Waals surface area contributed by atoms with E-state index in [-0.39, 0.29) is 23.8 Å². The van der Waals surface area contributed by atoms with Gasteiger partial charge in [0, 0.05) is 30.9 Å². The molecular formula is C19H17ClN2O3. The molecule has 0 aliphatic rings. The van der Waals surface area contributed by atoms with Crippen molar-refractivity contribution in [2.45, 2.75) is 13.1 Å². The molecular weight excluding hydrogens is 340 g/mol. The van der Waals surface area contributed by atoms with Gasteiger partial charge in [-0.05, 0) is 35.9 Å². The van der Waals surface area contributed by atoms with Crippen LogP contribution in [0.2, 0.25) is 5.02 Å². The van der Waals surface area contributed by atoms with Crippen molar-refractivity contribution in [3.05, 3.63) is 93.3 Å².